The Labute approximate surface area is 178 Å². The van der Waals surface area contributed by atoms with Crippen LogP contribution in [0.1, 0.15) is 25.0 Å². The summed E-state index contributed by atoms with van der Waals surface area (Å²) in [6.45, 7) is 4.20. The van der Waals surface area contributed by atoms with E-state index in [9.17, 15) is 5.11 Å². The monoisotopic (exact) mass is 413 g/mol. The number of benzene rings is 2. The zero-order chi connectivity index (χ0) is 21.4. The first-order valence-corrected chi connectivity index (χ1v) is 10.7. The molecule has 29 heavy (non-hydrogen) atoms. The van der Waals surface area contributed by atoms with Gasteiger partial charge in [0.2, 0.25) is 0 Å². The number of ether oxygens (including phenoxy) is 2. The molecule has 0 aliphatic carbocycles. The van der Waals surface area contributed by atoms with Crippen LogP contribution in [0.2, 0.25) is 0 Å². The molecule has 5 heteroatoms. The zero-order valence-electron chi connectivity index (χ0n) is 18.1. The lowest BCUT2D eigenvalue weighted by molar-refractivity contribution is 0.231. The fourth-order valence-corrected chi connectivity index (χ4v) is 3.15. The van der Waals surface area contributed by atoms with Gasteiger partial charge in [0.05, 0.1) is 13.2 Å². The summed E-state index contributed by atoms with van der Waals surface area (Å²) in [4.78, 5) is 3.13. The molecule has 0 aliphatic rings. The maximum absolute atomic E-state index is 9.91. The second kappa shape index (κ2) is 11.0. The molecule has 1 unspecified atom stereocenters. The third-order valence-electron chi connectivity index (χ3n) is 4.45. The normalized spacial score (nSPS) is 13.2. The molecule has 0 radical (unpaired) electrons. The number of hydrogen-bond acceptors (Lipinski definition) is 5. The van der Waals surface area contributed by atoms with Gasteiger partial charge in [-0.3, -0.25) is 0 Å². The zero-order valence-corrected chi connectivity index (χ0v) is 18.9. The minimum Gasteiger partial charge on any atom is -0.497 e. The van der Waals surface area contributed by atoms with Gasteiger partial charge >= 0.3 is 0 Å². The van der Waals surface area contributed by atoms with E-state index in [2.05, 4.69) is 24.6 Å². The van der Waals surface area contributed by atoms with Gasteiger partial charge in [0.1, 0.15) is 18.1 Å². The highest BCUT2D eigenvalue weighted by Gasteiger charge is 2.08. The van der Waals surface area contributed by atoms with E-state index >= 15 is 0 Å². The van der Waals surface area contributed by atoms with Crippen molar-refractivity contribution in [1.82, 2.24) is 4.90 Å². The van der Waals surface area contributed by atoms with Crippen molar-refractivity contribution in [2.45, 2.75) is 31.5 Å². The summed E-state index contributed by atoms with van der Waals surface area (Å²) in [6.07, 6.45) is 5.64. The predicted octanol–water partition coefficient (Wildman–Crippen LogP) is 5.23. The van der Waals surface area contributed by atoms with Crippen LogP contribution in [-0.4, -0.2) is 43.6 Å². The third kappa shape index (κ3) is 7.18. The Kier molecular flexibility index (Phi) is 8.68. The number of nitrogens with zero attached hydrogens (tertiary/aromatic N) is 1. The quantitative estimate of drug-likeness (QED) is 0.451. The number of aliphatic hydroxyl groups excluding tert-OH is 1. The van der Waals surface area contributed by atoms with E-state index in [1.807, 2.05) is 62.3 Å². The molecule has 1 N–H and O–H groups in total. The SMILES string of the molecule is COc1ccc(COc2cc(SC)cc(C(/C=C(/C)C(C)O)=C/N(C)C)c2)cc1. The maximum atomic E-state index is 9.91. The van der Waals surface area contributed by atoms with Crippen LogP contribution in [0.3, 0.4) is 0 Å². The Balaban J connectivity index is 2.32. The van der Waals surface area contributed by atoms with Crippen LogP contribution in [0.15, 0.2) is 65.2 Å². The molecule has 1 atom stereocenters. The second-order valence-electron chi connectivity index (χ2n) is 7.15. The Morgan fingerprint density at radius 3 is 2.38 bits per heavy atom. The number of aliphatic hydroxyl groups is 1. The average molecular weight is 414 g/mol. The highest BCUT2D eigenvalue weighted by atomic mass is 32.2. The molecule has 0 fully saturated rings. The molecule has 0 heterocycles. The van der Waals surface area contributed by atoms with E-state index in [4.69, 9.17) is 9.47 Å². The maximum Gasteiger partial charge on any atom is 0.121 e. The third-order valence-corrected chi connectivity index (χ3v) is 5.16. The summed E-state index contributed by atoms with van der Waals surface area (Å²) in [6, 6.07) is 14.1. The summed E-state index contributed by atoms with van der Waals surface area (Å²) in [5.41, 5.74) is 4.07. The van der Waals surface area contributed by atoms with Crippen molar-refractivity contribution in [2.24, 2.45) is 0 Å². The average Bonchev–Trinajstić information content (AvgIpc) is 2.71. The topological polar surface area (TPSA) is 41.9 Å². The molecule has 0 saturated heterocycles. The van der Waals surface area contributed by atoms with Crippen LogP contribution in [0, 0.1) is 0 Å². The van der Waals surface area contributed by atoms with Crippen molar-refractivity contribution < 1.29 is 14.6 Å². The highest BCUT2D eigenvalue weighted by Crippen LogP contribution is 2.30. The molecule has 156 valence electrons. The lowest BCUT2D eigenvalue weighted by Crippen LogP contribution is -2.05. The van der Waals surface area contributed by atoms with E-state index < -0.39 is 6.10 Å². The molecular formula is C24H31NO3S. The Bertz CT molecular complexity index is 855. The summed E-state index contributed by atoms with van der Waals surface area (Å²) < 4.78 is 11.3. The van der Waals surface area contributed by atoms with Gasteiger partial charge in [-0.2, -0.15) is 0 Å². The Morgan fingerprint density at radius 2 is 1.83 bits per heavy atom. The molecule has 0 bridgehead atoms. The van der Waals surface area contributed by atoms with Gasteiger partial charge in [-0.15, -0.1) is 11.8 Å². The molecule has 4 nitrogen and oxygen atoms in total. The van der Waals surface area contributed by atoms with E-state index in [0.717, 1.165) is 38.7 Å². The molecule has 0 aromatic heterocycles. The molecule has 2 rings (SSSR count). The van der Waals surface area contributed by atoms with Crippen molar-refractivity contribution in [3.05, 3.63) is 71.4 Å². The number of thioether (sulfide) groups is 1. The fraction of sp³-hybridized carbons (Fsp3) is 0.333. The Morgan fingerprint density at radius 1 is 1.14 bits per heavy atom. The molecular weight excluding hydrogens is 382 g/mol. The van der Waals surface area contributed by atoms with Crippen molar-refractivity contribution >= 4 is 17.3 Å². The van der Waals surface area contributed by atoms with Gasteiger partial charge < -0.3 is 19.5 Å². The van der Waals surface area contributed by atoms with Crippen molar-refractivity contribution in [3.63, 3.8) is 0 Å². The second-order valence-corrected chi connectivity index (χ2v) is 8.03. The first kappa shape index (κ1) is 22.9. The lowest BCUT2D eigenvalue weighted by atomic mass is 10.0. The summed E-state index contributed by atoms with van der Waals surface area (Å²) >= 11 is 1.68. The van der Waals surface area contributed by atoms with E-state index in [0.29, 0.717) is 6.61 Å². The van der Waals surface area contributed by atoms with Gasteiger partial charge in [0.25, 0.3) is 0 Å². The van der Waals surface area contributed by atoms with Crippen LogP contribution >= 0.6 is 11.8 Å². The molecule has 0 spiro atoms. The minimum atomic E-state index is -0.491. The van der Waals surface area contributed by atoms with Gasteiger partial charge in [0, 0.05) is 25.2 Å². The van der Waals surface area contributed by atoms with Crippen molar-refractivity contribution in [2.75, 3.05) is 27.5 Å². The smallest absolute Gasteiger partial charge is 0.121 e. The lowest BCUT2D eigenvalue weighted by Gasteiger charge is -2.15. The number of methoxy groups -OCH3 is 1. The largest absolute Gasteiger partial charge is 0.497 e. The van der Waals surface area contributed by atoms with Crippen LogP contribution in [0.5, 0.6) is 11.5 Å². The molecule has 0 saturated carbocycles. The van der Waals surface area contributed by atoms with Crippen molar-refractivity contribution in [1.29, 1.82) is 0 Å². The first-order valence-electron chi connectivity index (χ1n) is 9.52. The fourth-order valence-electron chi connectivity index (χ4n) is 2.67. The number of rotatable bonds is 9. The van der Waals surface area contributed by atoms with E-state index in [-0.39, 0.29) is 0 Å². The highest BCUT2D eigenvalue weighted by molar-refractivity contribution is 7.98. The van der Waals surface area contributed by atoms with E-state index in [1.165, 1.54) is 0 Å². The van der Waals surface area contributed by atoms with Crippen LogP contribution in [-0.2, 0) is 6.61 Å². The van der Waals surface area contributed by atoms with Gasteiger partial charge in [-0.25, -0.2) is 0 Å². The molecule has 2 aromatic rings. The van der Waals surface area contributed by atoms with Crippen LogP contribution < -0.4 is 9.47 Å². The molecule has 0 amide bonds. The standard InChI is InChI=1S/C24H31NO3S/c1-17(18(2)26)11-21(15-25(3)4)20-12-23(14-24(13-20)29-6)28-16-19-7-9-22(27-5)10-8-19/h7-15,18,26H,16H2,1-6H3/b17-11-,21-15+. The van der Waals surface area contributed by atoms with E-state index in [1.54, 1.807) is 25.8 Å². The minimum absolute atomic E-state index is 0.483. The number of allylic oxidation sites excluding steroid dienone is 2. The summed E-state index contributed by atoms with van der Waals surface area (Å²) in [5, 5.41) is 9.91. The first-order chi connectivity index (χ1) is 13.8. The van der Waals surface area contributed by atoms with Crippen molar-refractivity contribution in [3.8, 4) is 11.5 Å². The number of hydrogen-bond donors (Lipinski definition) is 1. The predicted molar refractivity (Wildman–Crippen MR) is 123 cm³/mol. The summed E-state index contributed by atoms with van der Waals surface area (Å²) in [5.74, 6) is 1.65. The van der Waals surface area contributed by atoms with Gasteiger partial charge in [0.15, 0.2) is 0 Å². The van der Waals surface area contributed by atoms with Crippen LogP contribution in [0.25, 0.3) is 5.57 Å². The molecule has 0 aliphatic heterocycles. The molecule has 2 aromatic carbocycles. The Hall–Kier alpha value is -2.37. The van der Waals surface area contributed by atoms with Crippen LogP contribution in [0.4, 0.5) is 0 Å². The van der Waals surface area contributed by atoms with Gasteiger partial charge in [-0.1, -0.05) is 18.2 Å². The summed E-state index contributed by atoms with van der Waals surface area (Å²) in [7, 11) is 5.64. The van der Waals surface area contributed by atoms with Gasteiger partial charge in [-0.05, 0) is 72.7 Å².